The molecule has 0 amide bonds. The smallest absolute Gasteiger partial charge is 0.0573 e. The zero-order chi connectivity index (χ0) is 66.9. The normalized spacial score (nSPS) is 16.8. The monoisotopic (exact) mass is 1280 g/mol. The van der Waals surface area contributed by atoms with Gasteiger partial charge in [0.05, 0.1) is 11.4 Å². The average Bonchev–Trinajstić information content (AvgIpc) is 0.733. The maximum Gasteiger partial charge on any atom is 0.0573 e. The molecule has 0 N–H and O–H groups in total. The largest absolute Gasteiger partial charge is 0.310 e. The van der Waals surface area contributed by atoms with Crippen LogP contribution in [-0.2, 0) is 0 Å². The van der Waals surface area contributed by atoms with Gasteiger partial charge in [0.25, 0.3) is 0 Å². The predicted molar refractivity (Wildman–Crippen MR) is 425 cm³/mol. The Labute approximate surface area is 587 Å². The third-order valence-corrected chi connectivity index (χ3v) is 22.7. The molecule has 0 saturated heterocycles. The van der Waals surface area contributed by atoms with Crippen molar-refractivity contribution >= 4 is 91.5 Å². The molecule has 4 aliphatic rings. The van der Waals surface area contributed by atoms with Crippen LogP contribution in [0.1, 0.15) is 206 Å². The molecular formula is C96H102N2. The van der Waals surface area contributed by atoms with Crippen LogP contribution < -0.4 is 9.80 Å². The molecule has 10 aromatic carbocycles. The van der Waals surface area contributed by atoms with Gasteiger partial charge in [0.1, 0.15) is 0 Å². The fourth-order valence-corrected chi connectivity index (χ4v) is 17.1. The standard InChI is InChI=1S/C96H102N2/c1-67-34-48-81(49-35-67)91(77-23-11-7-12-24-77)63-73-40-54-85(55-41-73)97(86-56-42-74(43-57-86)64-92(78-25-13-8-14-26-78)82-50-36-68(2)37-51-82)95-71(5)72(6)96(90-33-20-19-32-89(90)95)98(87-58-44-75(45-59-87)65-93(79-27-15-9-16-28-79)83-52-38-69(3)39-53-83)88-60-46-76(47-61-88)66-94(80-29-17-10-18-30-80)84-31-21-22-70(4)62-84/h19-22,31-66,77-80H,7-18,23-30H2,1-6H3/b91-63+,92-64+,93-65+,94-66+. The summed E-state index contributed by atoms with van der Waals surface area (Å²) in [6.07, 6.45) is 35.8. The maximum atomic E-state index is 2.57. The van der Waals surface area contributed by atoms with E-state index in [-0.39, 0.29) is 0 Å². The SMILES string of the molecule is Cc1ccc(/C(=C/c2ccc(N(c3ccc(/C=C(/c4ccc(C)cc4)C4CCCCC4)cc3)c3c(C)c(C)c(N(c4ccc(/C=C(/c5ccc(C)cc5)C5CCCCC5)cc4)c4ccc(/C=C(/c5cccc(C)c5)C5CCCCC5)cc4)c4ccccc34)cc2)C2CCCCC2)cc1. The fraction of sp³-hybridized carbons (Fsp3) is 0.312. The van der Waals surface area contributed by atoms with Gasteiger partial charge in [0, 0.05) is 33.5 Å². The van der Waals surface area contributed by atoms with Crippen molar-refractivity contribution in [2.45, 2.75) is 170 Å². The van der Waals surface area contributed by atoms with E-state index < -0.39 is 0 Å². The van der Waals surface area contributed by atoms with Crippen molar-refractivity contribution in [2.24, 2.45) is 23.7 Å². The number of nitrogens with zero attached hydrogens (tertiary/aromatic N) is 2. The van der Waals surface area contributed by atoms with E-state index in [1.165, 1.54) is 251 Å². The number of benzene rings is 10. The van der Waals surface area contributed by atoms with Gasteiger partial charge in [0.2, 0.25) is 0 Å². The molecule has 14 rings (SSSR count). The summed E-state index contributed by atoms with van der Waals surface area (Å²) < 4.78 is 0. The first-order valence-corrected chi connectivity index (χ1v) is 37.7. The number of aryl methyl sites for hydroxylation is 4. The highest BCUT2D eigenvalue weighted by atomic mass is 15.2. The molecule has 0 atom stereocenters. The van der Waals surface area contributed by atoms with Crippen molar-refractivity contribution < 1.29 is 0 Å². The second-order valence-corrected chi connectivity index (χ2v) is 29.7. The van der Waals surface area contributed by atoms with Crippen molar-refractivity contribution in [1.29, 1.82) is 0 Å². The quantitative estimate of drug-likeness (QED) is 0.0790. The minimum Gasteiger partial charge on any atom is -0.310 e. The third kappa shape index (κ3) is 15.2. The maximum absolute atomic E-state index is 2.57. The van der Waals surface area contributed by atoms with E-state index in [1.807, 2.05) is 0 Å². The van der Waals surface area contributed by atoms with Gasteiger partial charge in [-0.25, -0.2) is 0 Å². The Morgan fingerprint density at radius 3 is 0.786 bits per heavy atom. The van der Waals surface area contributed by atoms with E-state index in [0.717, 1.165) is 22.7 Å². The molecule has 0 radical (unpaired) electrons. The van der Waals surface area contributed by atoms with Crippen LogP contribution in [0.5, 0.6) is 0 Å². The van der Waals surface area contributed by atoms with E-state index in [4.69, 9.17) is 0 Å². The van der Waals surface area contributed by atoms with E-state index in [9.17, 15) is 0 Å². The van der Waals surface area contributed by atoms with Gasteiger partial charge in [-0.3, -0.25) is 0 Å². The average molecular weight is 1280 g/mol. The Morgan fingerprint density at radius 2 is 0.520 bits per heavy atom. The minimum atomic E-state index is 0.560. The number of hydrogen-bond acceptors (Lipinski definition) is 2. The van der Waals surface area contributed by atoms with Crippen LogP contribution >= 0.6 is 0 Å². The van der Waals surface area contributed by atoms with E-state index in [2.05, 4.69) is 294 Å². The van der Waals surface area contributed by atoms with Crippen LogP contribution in [0.4, 0.5) is 34.1 Å². The number of allylic oxidation sites excluding steroid dienone is 4. The van der Waals surface area contributed by atoms with Gasteiger partial charge < -0.3 is 9.80 Å². The molecule has 0 spiro atoms. The lowest BCUT2D eigenvalue weighted by Gasteiger charge is -2.34. The van der Waals surface area contributed by atoms with Crippen molar-refractivity contribution in [3.63, 3.8) is 0 Å². The molecule has 0 heterocycles. The molecule has 2 heteroatoms. The molecular weight excluding hydrogens is 1180 g/mol. The van der Waals surface area contributed by atoms with Gasteiger partial charge in [-0.05, 0) is 243 Å². The first kappa shape index (κ1) is 66.3. The van der Waals surface area contributed by atoms with Crippen LogP contribution in [0.15, 0.2) is 218 Å². The van der Waals surface area contributed by atoms with Gasteiger partial charge >= 0.3 is 0 Å². The number of hydrogen-bond donors (Lipinski definition) is 0. The molecule has 4 fully saturated rings. The number of rotatable bonds is 18. The summed E-state index contributed by atoms with van der Waals surface area (Å²) in [4.78, 5) is 5.14. The molecule has 4 saturated carbocycles. The summed E-state index contributed by atoms with van der Waals surface area (Å²) >= 11 is 0. The summed E-state index contributed by atoms with van der Waals surface area (Å²) in [5, 5.41) is 2.43. The lowest BCUT2D eigenvalue weighted by atomic mass is 9.80. The summed E-state index contributed by atoms with van der Waals surface area (Å²) in [6.45, 7) is 13.6. The molecule has 4 aliphatic carbocycles. The second kappa shape index (κ2) is 30.8. The van der Waals surface area contributed by atoms with Gasteiger partial charge in [-0.15, -0.1) is 0 Å². The highest BCUT2D eigenvalue weighted by molar-refractivity contribution is 6.10. The van der Waals surface area contributed by atoms with Gasteiger partial charge in [-0.1, -0.05) is 293 Å². The zero-order valence-corrected chi connectivity index (χ0v) is 59.4. The Hall–Kier alpha value is -8.98. The van der Waals surface area contributed by atoms with Crippen molar-refractivity contribution in [3.05, 3.63) is 296 Å². The molecule has 0 bridgehead atoms. The summed E-state index contributed by atoms with van der Waals surface area (Å²) in [7, 11) is 0. The molecule has 10 aromatic rings. The molecule has 496 valence electrons. The molecule has 98 heavy (non-hydrogen) atoms. The molecule has 0 aliphatic heterocycles. The second-order valence-electron chi connectivity index (χ2n) is 29.7. The fourth-order valence-electron chi connectivity index (χ4n) is 17.1. The van der Waals surface area contributed by atoms with Crippen LogP contribution in [0, 0.1) is 65.2 Å². The van der Waals surface area contributed by atoms with E-state index >= 15 is 0 Å². The topological polar surface area (TPSA) is 6.48 Å². The van der Waals surface area contributed by atoms with Crippen LogP contribution in [-0.4, -0.2) is 0 Å². The molecule has 2 nitrogen and oxygen atoms in total. The highest BCUT2D eigenvalue weighted by Gasteiger charge is 2.29. The first-order valence-electron chi connectivity index (χ1n) is 37.7. The lowest BCUT2D eigenvalue weighted by Crippen LogP contribution is -2.16. The Balaban J connectivity index is 0.918. The van der Waals surface area contributed by atoms with Gasteiger partial charge in [0.15, 0.2) is 0 Å². The highest BCUT2D eigenvalue weighted by Crippen LogP contribution is 2.51. The molecule has 0 unspecified atom stereocenters. The Morgan fingerprint density at radius 1 is 0.255 bits per heavy atom. The van der Waals surface area contributed by atoms with Crippen molar-refractivity contribution in [2.75, 3.05) is 9.80 Å². The van der Waals surface area contributed by atoms with Crippen LogP contribution in [0.25, 0.3) is 57.4 Å². The van der Waals surface area contributed by atoms with E-state index in [1.54, 1.807) is 0 Å². The lowest BCUT2D eigenvalue weighted by molar-refractivity contribution is 0.430. The number of anilines is 6. The summed E-state index contributed by atoms with van der Waals surface area (Å²) in [5.41, 5.74) is 31.0. The summed E-state index contributed by atoms with van der Waals surface area (Å²) in [5.74, 6) is 2.24. The zero-order valence-electron chi connectivity index (χ0n) is 59.4. The van der Waals surface area contributed by atoms with Crippen molar-refractivity contribution in [1.82, 2.24) is 0 Å². The minimum absolute atomic E-state index is 0.560. The van der Waals surface area contributed by atoms with E-state index in [0.29, 0.717) is 23.7 Å². The first-order chi connectivity index (χ1) is 48.0. The number of fused-ring (bicyclic) bond motifs is 1. The Bertz CT molecular complexity index is 4330. The summed E-state index contributed by atoms with van der Waals surface area (Å²) in [6, 6.07) is 84.5. The Kier molecular flexibility index (Phi) is 20.9. The van der Waals surface area contributed by atoms with Crippen LogP contribution in [0.3, 0.4) is 0 Å². The van der Waals surface area contributed by atoms with Crippen LogP contribution in [0.2, 0.25) is 0 Å². The van der Waals surface area contributed by atoms with Gasteiger partial charge in [-0.2, -0.15) is 0 Å². The molecule has 0 aromatic heterocycles. The third-order valence-electron chi connectivity index (χ3n) is 22.7. The predicted octanol–water partition coefficient (Wildman–Crippen LogP) is 28.1. The van der Waals surface area contributed by atoms with Crippen molar-refractivity contribution in [3.8, 4) is 0 Å².